The fraction of sp³-hybridized carbons (Fsp3) is 0.867. The predicted octanol–water partition coefficient (Wildman–Crippen LogP) is 1.32. The molecule has 1 saturated carbocycles. The van der Waals surface area contributed by atoms with E-state index in [1.54, 1.807) is 12.0 Å². The van der Waals surface area contributed by atoms with Crippen LogP contribution in [0.25, 0.3) is 0 Å². The number of carbonyl (C=O) groups excluding carboxylic acids is 2. The summed E-state index contributed by atoms with van der Waals surface area (Å²) in [5, 5.41) is 2.84. The van der Waals surface area contributed by atoms with Gasteiger partial charge in [-0.2, -0.15) is 0 Å². The third kappa shape index (κ3) is 3.14. The van der Waals surface area contributed by atoms with Crippen LogP contribution in [0.4, 0.5) is 0 Å². The van der Waals surface area contributed by atoms with Gasteiger partial charge in [0.15, 0.2) is 0 Å². The third-order valence-corrected chi connectivity index (χ3v) is 4.39. The smallest absolute Gasteiger partial charge is 0.246 e. The van der Waals surface area contributed by atoms with Gasteiger partial charge in [-0.05, 0) is 31.1 Å². The molecule has 1 heterocycles. The molecule has 0 aromatic carbocycles. The lowest BCUT2D eigenvalue weighted by atomic mass is 9.83. The number of amides is 2. The maximum absolute atomic E-state index is 12.7. The van der Waals surface area contributed by atoms with Crippen LogP contribution in [0.1, 0.15) is 46.5 Å². The number of methoxy groups -OCH3 is 1. The Morgan fingerprint density at radius 2 is 1.95 bits per heavy atom. The van der Waals surface area contributed by atoms with Crippen molar-refractivity contribution in [3.8, 4) is 0 Å². The van der Waals surface area contributed by atoms with E-state index in [-0.39, 0.29) is 35.9 Å². The lowest BCUT2D eigenvalue weighted by molar-refractivity contribution is -0.151. The molecule has 114 valence electrons. The molecule has 0 radical (unpaired) electrons. The van der Waals surface area contributed by atoms with Crippen LogP contribution >= 0.6 is 0 Å². The number of piperazine rings is 1. The summed E-state index contributed by atoms with van der Waals surface area (Å²) in [6.07, 6.45) is 4.11. The predicted molar refractivity (Wildman–Crippen MR) is 76.2 cm³/mol. The Morgan fingerprint density at radius 3 is 2.55 bits per heavy atom. The maximum atomic E-state index is 12.7. The molecule has 2 aliphatic rings. The average molecular weight is 282 g/mol. The van der Waals surface area contributed by atoms with Gasteiger partial charge >= 0.3 is 0 Å². The Balaban J connectivity index is 2.13. The zero-order chi connectivity index (χ0) is 14.9. The first-order valence-electron chi connectivity index (χ1n) is 7.45. The molecule has 5 heteroatoms. The van der Waals surface area contributed by atoms with E-state index < -0.39 is 6.04 Å². The number of nitrogens with zero attached hydrogens (tertiary/aromatic N) is 1. The molecule has 20 heavy (non-hydrogen) atoms. The van der Waals surface area contributed by atoms with Crippen molar-refractivity contribution in [2.75, 3.05) is 13.7 Å². The minimum atomic E-state index is -0.424. The van der Waals surface area contributed by atoms with Crippen LogP contribution in [0.2, 0.25) is 0 Å². The standard InChI is InChI=1S/C15H26N2O3/c1-15(2,3)13-14(19)17(9-12(18)16-13)10-6-5-7-11(8-10)20-4/h10-11,13H,5-9H2,1-4H3,(H,16,18). The first-order chi connectivity index (χ1) is 9.32. The van der Waals surface area contributed by atoms with Crippen molar-refractivity contribution in [2.24, 2.45) is 5.41 Å². The Kier molecular flexibility index (Phi) is 4.37. The SMILES string of the molecule is COC1CCCC(N2CC(=O)NC(C(C)(C)C)C2=O)C1. The summed E-state index contributed by atoms with van der Waals surface area (Å²) in [5.41, 5.74) is -0.263. The average Bonchev–Trinajstić information content (AvgIpc) is 2.40. The van der Waals surface area contributed by atoms with Gasteiger partial charge in [-0.15, -0.1) is 0 Å². The van der Waals surface area contributed by atoms with Crippen LogP contribution in [0.15, 0.2) is 0 Å². The monoisotopic (exact) mass is 282 g/mol. The minimum Gasteiger partial charge on any atom is -0.381 e. The maximum Gasteiger partial charge on any atom is 0.246 e. The van der Waals surface area contributed by atoms with Crippen molar-refractivity contribution in [1.29, 1.82) is 0 Å². The number of carbonyl (C=O) groups is 2. The molecule has 0 aromatic rings. The third-order valence-electron chi connectivity index (χ3n) is 4.39. The molecule has 1 aliphatic heterocycles. The number of ether oxygens (including phenoxy) is 1. The minimum absolute atomic E-state index is 0.0518. The molecule has 1 N–H and O–H groups in total. The quantitative estimate of drug-likeness (QED) is 0.831. The van der Waals surface area contributed by atoms with Crippen LogP contribution < -0.4 is 5.32 Å². The fourth-order valence-corrected chi connectivity index (χ4v) is 3.18. The highest BCUT2D eigenvalue weighted by Gasteiger charge is 2.43. The molecular formula is C15H26N2O3. The number of nitrogens with one attached hydrogen (secondary N) is 1. The van der Waals surface area contributed by atoms with Gasteiger partial charge in [0, 0.05) is 13.2 Å². The topological polar surface area (TPSA) is 58.6 Å². The van der Waals surface area contributed by atoms with Gasteiger partial charge in [-0.1, -0.05) is 20.8 Å². The summed E-state index contributed by atoms with van der Waals surface area (Å²) >= 11 is 0. The molecule has 3 unspecified atom stereocenters. The molecule has 1 saturated heterocycles. The van der Waals surface area contributed by atoms with Gasteiger partial charge in [0.05, 0.1) is 12.6 Å². The van der Waals surface area contributed by atoms with Crippen LogP contribution in [0, 0.1) is 5.41 Å². The molecule has 2 amide bonds. The lowest BCUT2D eigenvalue weighted by Gasteiger charge is -2.44. The zero-order valence-electron chi connectivity index (χ0n) is 12.9. The highest BCUT2D eigenvalue weighted by atomic mass is 16.5. The van der Waals surface area contributed by atoms with E-state index in [1.165, 1.54) is 0 Å². The van der Waals surface area contributed by atoms with E-state index in [0.717, 1.165) is 25.7 Å². The van der Waals surface area contributed by atoms with Crippen molar-refractivity contribution >= 4 is 11.8 Å². The molecule has 3 atom stereocenters. The van der Waals surface area contributed by atoms with Crippen LogP contribution in [0.5, 0.6) is 0 Å². The molecule has 2 rings (SSSR count). The second-order valence-corrected chi connectivity index (χ2v) is 7.01. The summed E-state index contributed by atoms with van der Waals surface area (Å²) in [6.45, 7) is 6.14. The molecule has 0 aromatic heterocycles. The Bertz CT molecular complexity index is 389. The van der Waals surface area contributed by atoms with Crippen LogP contribution in [-0.2, 0) is 14.3 Å². The lowest BCUT2D eigenvalue weighted by Crippen LogP contribution is -2.64. The Hall–Kier alpha value is -1.10. The zero-order valence-corrected chi connectivity index (χ0v) is 12.9. The molecule has 2 fully saturated rings. The van der Waals surface area contributed by atoms with E-state index in [1.807, 2.05) is 20.8 Å². The molecular weight excluding hydrogens is 256 g/mol. The summed E-state index contributed by atoms with van der Waals surface area (Å²) in [4.78, 5) is 26.4. The van der Waals surface area contributed by atoms with E-state index in [2.05, 4.69) is 5.32 Å². The first-order valence-corrected chi connectivity index (χ1v) is 7.45. The number of hydrogen-bond acceptors (Lipinski definition) is 3. The van der Waals surface area contributed by atoms with E-state index in [9.17, 15) is 9.59 Å². The van der Waals surface area contributed by atoms with Crippen molar-refractivity contribution in [3.63, 3.8) is 0 Å². The molecule has 0 bridgehead atoms. The second-order valence-electron chi connectivity index (χ2n) is 7.01. The van der Waals surface area contributed by atoms with Crippen LogP contribution in [0.3, 0.4) is 0 Å². The normalized spacial score (nSPS) is 32.2. The summed E-state index contributed by atoms with van der Waals surface area (Å²) < 4.78 is 5.43. The van der Waals surface area contributed by atoms with Gasteiger partial charge < -0.3 is 15.0 Å². The summed E-state index contributed by atoms with van der Waals surface area (Å²) in [7, 11) is 1.72. The Morgan fingerprint density at radius 1 is 1.25 bits per heavy atom. The van der Waals surface area contributed by atoms with Gasteiger partial charge in [0.25, 0.3) is 0 Å². The first kappa shape index (κ1) is 15.3. The van der Waals surface area contributed by atoms with Gasteiger partial charge in [-0.25, -0.2) is 0 Å². The van der Waals surface area contributed by atoms with Gasteiger partial charge in [0.2, 0.25) is 11.8 Å². The molecule has 0 spiro atoms. The largest absolute Gasteiger partial charge is 0.381 e. The summed E-state index contributed by atoms with van der Waals surface area (Å²) in [5.74, 6) is 0.00270. The fourth-order valence-electron chi connectivity index (χ4n) is 3.18. The highest BCUT2D eigenvalue weighted by Crippen LogP contribution is 2.29. The summed E-state index contributed by atoms with van der Waals surface area (Å²) in [6, 6.07) is -0.288. The van der Waals surface area contributed by atoms with Crippen molar-refractivity contribution in [2.45, 2.75) is 64.6 Å². The van der Waals surface area contributed by atoms with Crippen molar-refractivity contribution < 1.29 is 14.3 Å². The van der Waals surface area contributed by atoms with Crippen molar-refractivity contribution in [3.05, 3.63) is 0 Å². The molecule has 5 nitrogen and oxygen atoms in total. The van der Waals surface area contributed by atoms with Gasteiger partial charge in [-0.3, -0.25) is 9.59 Å². The highest BCUT2D eigenvalue weighted by molar-refractivity contribution is 5.95. The number of rotatable bonds is 2. The van der Waals surface area contributed by atoms with E-state index in [4.69, 9.17) is 4.74 Å². The number of hydrogen-bond donors (Lipinski definition) is 1. The van der Waals surface area contributed by atoms with Gasteiger partial charge in [0.1, 0.15) is 6.04 Å². The van der Waals surface area contributed by atoms with Crippen molar-refractivity contribution in [1.82, 2.24) is 10.2 Å². The second kappa shape index (κ2) is 5.72. The Labute approximate surface area is 121 Å². The molecule has 1 aliphatic carbocycles. The van der Waals surface area contributed by atoms with E-state index >= 15 is 0 Å². The van der Waals surface area contributed by atoms with Crippen LogP contribution in [-0.4, -0.2) is 48.6 Å². The van der Waals surface area contributed by atoms with E-state index in [0.29, 0.717) is 0 Å².